The van der Waals surface area contributed by atoms with Gasteiger partial charge in [0.05, 0.1) is 12.7 Å². The molecule has 1 fully saturated rings. The van der Waals surface area contributed by atoms with Crippen LogP contribution in [-0.4, -0.2) is 71.6 Å². The Morgan fingerprint density at radius 3 is 2.18 bits per heavy atom. The van der Waals surface area contributed by atoms with Crippen LogP contribution in [0.15, 0.2) is 29.2 Å². The summed E-state index contributed by atoms with van der Waals surface area (Å²) >= 11 is 1.82. The monoisotopic (exact) mass is 324 g/mol. The van der Waals surface area contributed by atoms with Gasteiger partial charge in [0, 0.05) is 44.2 Å². The number of benzene rings is 1. The average molecular weight is 324 g/mol. The number of aliphatic hydroxyl groups is 2. The molecular weight excluding hydrogens is 296 g/mol. The topological polar surface area (TPSA) is 46.9 Å². The van der Waals surface area contributed by atoms with E-state index in [0.29, 0.717) is 0 Å². The van der Waals surface area contributed by atoms with Gasteiger partial charge in [0.2, 0.25) is 0 Å². The van der Waals surface area contributed by atoms with E-state index in [9.17, 15) is 5.11 Å². The van der Waals surface area contributed by atoms with Crippen LogP contribution in [0.1, 0.15) is 25.0 Å². The summed E-state index contributed by atoms with van der Waals surface area (Å²) in [5.74, 6) is 1.07. The molecule has 0 radical (unpaired) electrons. The molecule has 0 bridgehead atoms. The molecule has 1 unspecified atom stereocenters. The van der Waals surface area contributed by atoms with E-state index in [0.717, 1.165) is 57.0 Å². The van der Waals surface area contributed by atoms with Crippen molar-refractivity contribution in [1.82, 2.24) is 9.80 Å². The summed E-state index contributed by atoms with van der Waals surface area (Å²) in [4.78, 5) is 5.95. The summed E-state index contributed by atoms with van der Waals surface area (Å²) < 4.78 is 0. The largest absolute Gasteiger partial charge is 0.395 e. The van der Waals surface area contributed by atoms with Crippen LogP contribution in [0.25, 0.3) is 0 Å². The number of thioether (sulfide) groups is 1. The molecule has 1 aliphatic heterocycles. The van der Waals surface area contributed by atoms with Crippen molar-refractivity contribution in [2.45, 2.75) is 24.3 Å². The molecular formula is C17H28N2O2S. The quantitative estimate of drug-likeness (QED) is 0.715. The molecule has 1 atom stereocenters. The van der Waals surface area contributed by atoms with Crippen molar-refractivity contribution in [3.05, 3.63) is 29.8 Å². The first-order valence-corrected chi connectivity index (χ1v) is 9.18. The molecule has 1 aromatic rings. The second-order valence-corrected chi connectivity index (χ2v) is 7.05. The highest BCUT2D eigenvalue weighted by atomic mass is 32.2. The molecule has 0 aliphatic carbocycles. The maximum Gasteiger partial charge on any atom is 0.0802 e. The highest BCUT2D eigenvalue weighted by Crippen LogP contribution is 2.22. The summed E-state index contributed by atoms with van der Waals surface area (Å²) in [7, 11) is 0. The molecule has 2 rings (SSSR count). The standard InChI is InChI=1S/C17H28N2O2S/c1-2-22-16-5-3-15(4-6-16)17(21)7-8-18-9-11-19(12-10-18)13-14-20/h3-6,17,20-21H,2,7-14H2,1H3. The van der Waals surface area contributed by atoms with Crippen LogP contribution in [-0.2, 0) is 0 Å². The zero-order chi connectivity index (χ0) is 15.8. The Labute approximate surface area is 138 Å². The molecule has 1 heterocycles. The van der Waals surface area contributed by atoms with Crippen molar-refractivity contribution >= 4 is 11.8 Å². The van der Waals surface area contributed by atoms with Crippen LogP contribution in [0.4, 0.5) is 0 Å². The number of piperazine rings is 1. The lowest BCUT2D eigenvalue weighted by atomic mass is 10.1. The van der Waals surface area contributed by atoms with Crippen LogP contribution in [0.5, 0.6) is 0 Å². The van der Waals surface area contributed by atoms with Gasteiger partial charge in [-0.2, -0.15) is 0 Å². The summed E-state index contributed by atoms with van der Waals surface area (Å²) in [6.07, 6.45) is 0.399. The number of nitrogens with zero attached hydrogens (tertiary/aromatic N) is 2. The average Bonchev–Trinajstić information content (AvgIpc) is 2.55. The van der Waals surface area contributed by atoms with Crippen molar-refractivity contribution in [2.24, 2.45) is 0 Å². The Balaban J connectivity index is 1.72. The van der Waals surface area contributed by atoms with Crippen molar-refractivity contribution in [3.8, 4) is 0 Å². The second-order valence-electron chi connectivity index (χ2n) is 5.71. The maximum atomic E-state index is 10.3. The van der Waals surface area contributed by atoms with Gasteiger partial charge in [-0.3, -0.25) is 4.90 Å². The van der Waals surface area contributed by atoms with Crippen molar-refractivity contribution in [3.63, 3.8) is 0 Å². The van der Waals surface area contributed by atoms with E-state index in [1.54, 1.807) is 0 Å². The first kappa shape index (κ1) is 17.8. The smallest absolute Gasteiger partial charge is 0.0802 e. The zero-order valence-electron chi connectivity index (χ0n) is 13.4. The lowest BCUT2D eigenvalue weighted by molar-refractivity contribution is 0.0923. The minimum Gasteiger partial charge on any atom is -0.395 e. The molecule has 0 saturated carbocycles. The Morgan fingerprint density at radius 2 is 1.64 bits per heavy atom. The van der Waals surface area contributed by atoms with Gasteiger partial charge < -0.3 is 15.1 Å². The second kappa shape index (κ2) is 9.53. The highest BCUT2D eigenvalue weighted by molar-refractivity contribution is 7.99. The Kier molecular flexibility index (Phi) is 7.69. The minimum atomic E-state index is -0.379. The first-order valence-electron chi connectivity index (χ1n) is 8.19. The predicted molar refractivity (Wildman–Crippen MR) is 92.4 cm³/mol. The van der Waals surface area contributed by atoms with E-state index < -0.39 is 0 Å². The van der Waals surface area contributed by atoms with Crippen LogP contribution < -0.4 is 0 Å². The molecule has 124 valence electrons. The third kappa shape index (κ3) is 5.56. The van der Waals surface area contributed by atoms with Crippen molar-refractivity contribution in [1.29, 1.82) is 0 Å². The van der Waals surface area contributed by atoms with Gasteiger partial charge in [-0.1, -0.05) is 19.1 Å². The van der Waals surface area contributed by atoms with Crippen LogP contribution in [0, 0.1) is 0 Å². The van der Waals surface area contributed by atoms with Gasteiger partial charge in [0.15, 0.2) is 0 Å². The summed E-state index contributed by atoms with van der Waals surface area (Å²) in [5.41, 5.74) is 1.01. The van der Waals surface area contributed by atoms with E-state index in [1.807, 2.05) is 23.9 Å². The lowest BCUT2D eigenvalue weighted by Crippen LogP contribution is -2.47. The number of aliphatic hydroxyl groups excluding tert-OH is 2. The molecule has 4 nitrogen and oxygen atoms in total. The van der Waals surface area contributed by atoms with Gasteiger partial charge in [0.1, 0.15) is 0 Å². The minimum absolute atomic E-state index is 0.241. The molecule has 0 aromatic heterocycles. The fourth-order valence-electron chi connectivity index (χ4n) is 2.80. The molecule has 0 amide bonds. The third-order valence-corrected chi connectivity index (χ3v) is 5.07. The lowest BCUT2D eigenvalue weighted by Gasteiger charge is -2.34. The van der Waals surface area contributed by atoms with E-state index in [-0.39, 0.29) is 12.7 Å². The predicted octanol–water partition coefficient (Wildman–Crippen LogP) is 1.83. The van der Waals surface area contributed by atoms with Crippen molar-refractivity contribution in [2.75, 3.05) is 51.6 Å². The van der Waals surface area contributed by atoms with Crippen LogP contribution >= 0.6 is 11.8 Å². The fraction of sp³-hybridized carbons (Fsp3) is 0.647. The van der Waals surface area contributed by atoms with Crippen LogP contribution in [0.3, 0.4) is 0 Å². The maximum absolute atomic E-state index is 10.3. The number of hydrogen-bond donors (Lipinski definition) is 2. The Morgan fingerprint density at radius 1 is 1.05 bits per heavy atom. The fourth-order valence-corrected chi connectivity index (χ4v) is 3.46. The van der Waals surface area contributed by atoms with Gasteiger partial charge in [-0.15, -0.1) is 11.8 Å². The highest BCUT2D eigenvalue weighted by Gasteiger charge is 2.17. The van der Waals surface area contributed by atoms with Crippen molar-refractivity contribution < 1.29 is 10.2 Å². The Bertz CT molecular complexity index is 419. The summed E-state index contributed by atoms with van der Waals surface area (Å²) in [6, 6.07) is 8.28. The van der Waals surface area contributed by atoms with E-state index >= 15 is 0 Å². The number of β-amino-alcohol motifs (C(OH)–C–C–N with tert-alkyl or cyclic N) is 1. The van der Waals surface area contributed by atoms with Gasteiger partial charge >= 0.3 is 0 Å². The number of hydrogen-bond acceptors (Lipinski definition) is 5. The van der Waals surface area contributed by atoms with E-state index in [2.05, 4.69) is 28.9 Å². The summed E-state index contributed by atoms with van der Waals surface area (Å²) in [6.45, 7) is 8.17. The van der Waals surface area contributed by atoms with Gasteiger partial charge in [0.25, 0.3) is 0 Å². The molecule has 2 N–H and O–H groups in total. The van der Waals surface area contributed by atoms with E-state index in [1.165, 1.54) is 4.90 Å². The Hall–Kier alpha value is -0.590. The van der Waals surface area contributed by atoms with Crippen LogP contribution in [0.2, 0.25) is 0 Å². The normalized spacial score (nSPS) is 18.5. The molecule has 22 heavy (non-hydrogen) atoms. The third-order valence-electron chi connectivity index (χ3n) is 4.18. The zero-order valence-corrected chi connectivity index (χ0v) is 14.3. The summed E-state index contributed by atoms with van der Waals surface area (Å²) in [5, 5.41) is 19.3. The molecule has 5 heteroatoms. The SMILES string of the molecule is CCSc1ccc(C(O)CCN2CCN(CCO)CC2)cc1. The molecule has 1 aliphatic rings. The van der Waals surface area contributed by atoms with Gasteiger partial charge in [-0.05, 0) is 29.9 Å². The molecule has 1 saturated heterocycles. The number of rotatable bonds is 8. The van der Waals surface area contributed by atoms with E-state index in [4.69, 9.17) is 5.11 Å². The van der Waals surface area contributed by atoms with Gasteiger partial charge in [-0.25, -0.2) is 0 Å². The first-order chi connectivity index (χ1) is 10.7. The molecule has 0 spiro atoms. The molecule has 1 aromatic carbocycles.